The first-order valence-corrected chi connectivity index (χ1v) is 9.23. The lowest BCUT2D eigenvalue weighted by Crippen LogP contribution is -2.25. The van der Waals surface area contributed by atoms with E-state index in [-0.39, 0.29) is 0 Å². The van der Waals surface area contributed by atoms with E-state index < -0.39 is 0 Å². The first-order valence-electron chi connectivity index (χ1n) is 9.23. The fraction of sp³-hybridized carbons (Fsp3) is 0.500. The van der Waals surface area contributed by atoms with Crippen LogP contribution in [0.3, 0.4) is 0 Å². The Hall–Kier alpha value is -2.10. The van der Waals surface area contributed by atoms with Gasteiger partial charge in [-0.3, -0.25) is 0 Å². The summed E-state index contributed by atoms with van der Waals surface area (Å²) in [5, 5.41) is 3.56. The molecule has 3 rings (SSSR count). The molecule has 1 aromatic heterocycles. The molecule has 1 saturated carbocycles. The average molecular weight is 324 g/mol. The van der Waals surface area contributed by atoms with Crippen LogP contribution < -0.4 is 10.2 Å². The number of aromatic nitrogens is 2. The maximum atomic E-state index is 4.77. The smallest absolute Gasteiger partial charge is 0.224 e. The first kappa shape index (κ1) is 16.7. The average Bonchev–Trinajstić information content (AvgIpc) is 2.89. The highest BCUT2D eigenvalue weighted by Gasteiger charge is 2.14. The van der Waals surface area contributed by atoms with Crippen LogP contribution in [-0.4, -0.2) is 22.6 Å². The second-order valence-electron chi connectivity index (χ2n) is 6.57. The van der Waals surface area contributed by atoms with Crippen LogP contribution in [0, 0.1) is 0 Å². The summed E-state index contributed by atoms with van der Waals surface area (Å²) < 4.78 is 0. The van der Waals surface area contributed by atoms with Gasteiger partial charge in [-0.1, -0.05) is 56.0 Å². The lowest BCUT2D eigenvalue weighted by molar-refractivity contribution is 0.614. The minimum atomic E-state index is 0.520. The molecular weight excluding hydrogens is 296 g/mol. The van der Waals surface area contributed by atoms with Crippen molar-refractivity contribution in [3.63, 3.8) is 0 Å². The Kier molecular flexibility index (Phi) is 6.05. The zero-order chi connectivity index (χ0) is 16.6. The fourth-order valence-electron chi connectivity index (χ4n) is 3.36. The van der Waals surface area contributed by atoms with Crippen molar-refractivity contribution in [2.75, 3.05) is 16.8 Å². The third-order valence-corrected chi connectivity index (χ3v) is 4.75. The van der Waals surface area contributed by atoms with Crippen LogP contribution in [-0.2, 0) is 6.54 Å². The van der Waals surface area contributed by atoms with Gasteiger partial charge < -0.3 is 10.2 Å². The van der Waals surface area contributed by atoms with Crippen LogP contribution in [0.1, 0.15) is 51.0 Å². The van der Waals surface area contributed by atoms with Gasteiger partial charge in [0, 0.05) is 25.3 Å². The number of nitrogens with one attached hydrogen (secondary N) is 1. The number of hydrogen-bond donors (Lipinski definition) is 1. The zero-order valence-electron chi connectivity index (χ0n) is 14.6. The van der Waals surface area contributed by atoms with Gasteiger partial charge in [0.15, 0.2) is 0 Å². The fourth-order valence-corrected chi connectivity index (χ4v) is 3.36. The van der Waals surface area contributed by atoms with E-state index in [2.05, 4.69) is 52.5 Å². The predicted molar refractivity (Wildman–Crippen MR) is 100 cm³/mol. The molecule has 1 fully saturated rings. The Bertz CT molecular complexity index is 606. The number of rotatable bonds is 6. The maximum absolute atomic E-state index is 4.77. The molecule has 0 spiro atoms. The number of nitrogens with zero attached hydrogens (tertiary/aromatic N) is 3. The minimum absolute atomic E-state index is 0.520. The molecule has 1 aliphatic rings. The van der Waals surface area contributed by atoms with Crippen LogP contribution in [0.25, 0.3) is 0 Å². The van der Waals surface area contributed by atoms with Gasteiger partial charge in [0.25, 0.3) is 0 Å². The van der Waals surface area contributed by atoms with E-state index in [1.807, 2.05) is 12.3 Å². The molecule has 0 unspecified atom stereocenters. The van der Waals surface area contributed by atoms with Gasteiger partial charge in [0.05, 0.1) is 0 Å². The number of hydrogen-bond acceptors (Lipinski definition) is 4. The highest BCUT2D eigenvalue weighted by Crippen LogP contribution is 2.21. The van der Waals surface area contributed by atoms with Crippen LogP contribution in [0.15, 0.2) is 42.6 Å². The van der Waals surface area contributed by atoms with E-state index >= 15 is 0 Å². The molecule has 1 N–H and O–H groups in total. The van der Waals surface area contributed by atoms with Crippen molar-refractivity contribution in [3.05, 3.63) is 48.2 Å². The molecular formula is C20H28N4. The summed E-state index contributed by atoms with van der Waals surface area (Å²) >= 11 is 0. The summed E-state index contributed by atoms with van der Waals surface area (Å²) in [6.45, 7) is 3.97. The SMILES string of the molecule is CCN(Cc1ccccc1)c1ccnc(NC2CCCCCC2)n1. The molecule has 1 aromatic carbocycles. The number of anilines is 2. The molecule has 1 aliphatic carbocycles. The van der Waals surface area contributed by atoms with E-state index in [0.717, 1.165) is 24.9 Å². The van der Waals surface area contributed by atoms with Crippen molar-refractivity contribution in [3.8, 4) is 0 Å². The normalized spacial score (nSPS) is 15.7. The second kappa shape index (κ2) is 8.67. The molecule has 0 saturated heterocycles. The van der Waals surface area contributed by atoms with Crippen molar-refractivity contribution >= 4 is 11.8 Å². The Balaban J connectivity index is 1.68. The molecule has 0 bridgehead atoms. The standard InChI is InChI=1S/C20H28N4/c1-2-24(16-17-10-6-5-7-11-17)19-14-15-21-20(23-19)22-18-12-8-3-4-9-13-18/h5-7,10-11,14-15,18H,2-4,8-9,12-13,16H2,1H3,(H,21,22,23). The highest BCUT2D eigenvalue weighted by molar-refractivity contribution is 5.43. The Morgan fingerprint density at radius 1 is 1.04 bits per heavy atom. The van der Waals surface area contributed by atoms with Crippen molar-refractivity contribution in [1.82, 2.24) is 9.97 Å². The van der Waals surface area contributed by atoms with E-state index in [9.17, 15) is 0 Å². The molecule has 1 heterocycles. The maximum Gasteiger partial charge on any atom is 0.224 e. The van der Waals surface area contributed by atoms with Crippen LogP contribution in [0.2, 0.25) is 0 Å². The van der Waals surface area contributed by atoms with Gasteiger partial charge >= 0.3 is 0 Å². The van der Waals surface area contributed by atoms with Gasteiger partial charge in [-0.15, -0.1) is 0 Å². The summed E-state index contributed by atoms with van der Waals surface area (Å²) in [6, 6.07) is 13.1. The molecule has 0 radical (unpaired) electrons. The Morgan fingerprint density at radius 2 is 1.79 bits per heavy atom. The van der Waals surface area contributed by atoms with Crippen molar-refractivity contribution < 1.29 is 0 Å². The predicted octanol–water partition coefficient (Wildman–Crippen LogP) is 4.64. The van der Waals surface area contributed by atoms with E-state index in [1.165, 1.54) is 44.1 Å². The lowest BCUT2D eigenvalue weighted by atomic mass is 10.1. The monoisotopic (exact) mass is 324 g/mol. The van der Waals surface area contributed by atoms with E-state index in [4.69, 9.17) is 4.98 Å². The second-order valence-corrected chi connectivity index (χ2v) is 6.57. The van der Waals surface area contributed by atoms with Gasteiger partial charge in [-0.25, -0.2) is 4.98 Å². The number of benzene rings is 1. The summed E-state index contributed by atoms with van der Waals surface area (Å²) in [7, 11) is 0. The third-order valence-electron chi connectivity index (χ3n) is 4.75. The van der Waals surface area contributed by atoms with Gasteiger partial charge in [0.1, 0.15) is 5.82 Å². The van der Waals surface area contributed by atoms with Crippen molar-refractivity contribution in [2.45, 2.75) is 58.0 Å². The van der Waals surface area contributed by atoms with E-state index in [0.29, 0.717) is 6.04 Å². The van der Waals surface area contributed by atoms with Crippen LogP contribution in [0.5, 0.6) is 0 Å². The molecule has 4 nitrogen and oxygen atoms in total. The molecule has 2 aromatic rings. The van der Waals surface area contributed by atoms with Gasteiger partial charge in [-0.2, -0.15) is 4.98 Å². The van der Waals surface area contributed by atoms with Crippen LogP contribution in [0.4, 0.5) is 11.8 Å². The summed E-state index contributed by atoms with van der Waals surface area (Å²) in [4.78, 5) is 11.5. The lowest BCUT2D eigenvalue weighted by Gasteiger charge is -2.23. The van der Waals surface area contributed by atoms with E-state index in [1.54, 1.807) is 0 Å². The van der Waals surface area contributed by atoms with Crippen LogP contribution >= 0.6 is 0 Å². The Morgan fingerprint density at radius 3 is 2.50 bits per heavy atom. The molecule has 24 heavy (non-hydrogen) atoms. The largest absolute Gasteiger partial charge is 0.352 e. The third kappa shape index (κ3) is 4.70. The quantitative estimate of drug-likeness (QED) is 0.786. The first-order chi connectivity index (χ1) is 11.8. The van der Waals surface area contributed by atoms with Gasteiger partial charge in [-0.05, 0) is 31.4 Å². The summed E-state index contributed by atoms with van der Waals surface area (Å²) in [5.41, 5.74) is 1.30. The van der Waals surface area contributed by atoms with Crippen molar-refractivity contribution in [1.29, 1.82) is 0 Å². The Labute approximate surface area is 145 Å². The molecule has 128 valence electrons. The summed E-state index contributed by atoms with van der Waals surface area (Å²) in [6.07, 6.45) is 9.68. The summed E-state index contributed by atoms with van der Waals surface area (Å²) in [5.74, 6) is 1.76. The molecule has 0 aliphatic heterocycles. The molecule has 4 heteroatoms. The topological polar surface area (TPSA) is 41.1 Å². The molecule has 0 atom stereocenters. The molecule has 0 amide bonds. The minimum Gasteiger partial charge on any atom is -0.352 e. The van der Waals surface area contributed by atoms with Gasteiger partial charge in [0.2, 0.25) is 5.95 Å². The highest BCUT2D eigenvalue weighted by atomic mass is 15.2. The zero-order valence-corrected chi connectivity index (χ0v) is 14.6. The van der Waals surface area contributed by atoms with Crippen molar-refractivity contribution in [2.24, 2.45) is 0 Å².